The van der Waals surface area contributed by atoms with E-state index in [0.717, 1.165) is 5.56 Å². The monoisotopic (exact) mass is 294 g/mol. The molecule has 110 valence electrons. The Morgan fingerprint density at radius 1 is 1.20 bits per heavy atom. The third-order valence-corrected chi connectivity index (χ3v) is 4.67. The summed E-state index contributed by atoms with van der Waals surface area (Å²) in [6.45, 7) is 6.90. The van der Waals surface area contributed by atoms with E-state index < -0.39 is 10.0 Å². The van der Waals surface area contributed by atoms with Crippen LogP contribution >= 0.6 is 0 Å². The van der Waals surface area contributed by atoms with E-state index in [1.165, 1.54) is 0 Å². The van der Waals surface area contributed by atoms with E-state index >= 15 is 0 Å². The van der Waals surface area contributed by atoms with Crippen LogP contribution in [0.3, 0.4) is 0 Å². The van der Waals surface area contributed by atoms with Crippen molar-refractivity contribution in [1.29, 1.82) is 0 Å². The minimum absolute atomic E-state index is 0.256. The van der Waals surface area contributed by atoms with Gasteiger partial charge in [-0.2, -0.15) is 0 Å². The van der Waals surface area contributed by atoms with Gasteiger partial charge in [0, 0.05) is 12.1 Å². The molecule has 1 rings (SSSR count). The maximum Gasteiger partial charge on any atom is 0.240 e. The molecule has 20 heavy (non-hydrogen) atoms. The van der Waals surface area contributed by atoms with E-state index in [-0.39, 0.29) is 11.4 Å². The molecule has 0 spiro atoms. The lowest BCUT2D eigenvalue weighted by Crippen LogP contribution is -2.30. The second-order valence-electron chi connectivity index (χ2n) is 5.10. The van der Waals surface area contributed by atoms with E-state index in [0.29, 0.717) is 18.4 Å². The van der Waals surface area contributed by atoms with Crippen LogP contribution in [0.25, 0.3) is 0 Å². The molecule has 0 amide bonds. The zero-order valence-electron chi connectivity index (χ0n) is 12.2. The minimum atomic E-state index is -3.45. The van der Waals surface area contributed by atoms with E-state index in [1.54, 1.807) is 24.3 Å². The van der Waals surface area contributed by atoms with Crippen LogP contribution < -0.4 is 10.5 Å². The molecule has 0 bridgehead atoms. The fourth-order valence-corrected chi connectivity index (χ4v) is 2.57. The van der Waals surface area contributed by atoms with E-state index in [9.17, 15) is 8.42 Å². The number of nitrogens with two attached hydrogens (primary N) is 1. The van der Waals surface area contributed by atoms with Gasteiger partial charge in [0.2, 0.25) is 10.0 Å². The summed E-state index contributed by atoms with van der Waals surface area (Å²) >= 11 is 0. The highest BCUT2D eigenvalue weighted by molar-refractivity contribution is 7.89. The predicted octanol–water partition coefficient (Wildman–Crippen LogP) is 1.57. The third-order valence-electron chi connectivity index (χ3n) is 3.23. The molecule has 0 radical (unpaired) electrons. The molecule has 0 heterocycles. The highest BCUT2D eigenvalue weighted by atomic mass is 32.2. The van der Waals surface area contributed by atoms with Gasteiger partial charge in [0.15, 0.2) is 0 Å². The fraction of sp³-hybridized carbons (Fsp3) is 0.467. The number of benzene rings is 1. The summed E-state index contributed by atoms with van der Waals surface area (Å²) in [6, 6.07) is 6.48. The first-order valence-corrected chi connectivity index (χ1v) is 8.14. The molecule has 1 aromatic carbocycles. The Balaban J connectivity index is 2.78. The number of sulfonamides is 1. The molecule has 1 aromatic rings. The van der Waals surface area contributed by atoms with Crippen LogP contribution in [-0.4, -0.2) is 21.5 Å². The second kappa shape index (κ2) is 7.44. The first-order valence-electron chi connectivity index (χ1n) is 6.65. The van der Waals surface area contributed by atoms with Gasteiger partial charge in [0.05, 0.1) is 11.4 Å². The van der Waals surface area contributed by atoms with Gasteiger partial charge < -0.3 is 5.73 Å². The molecule has 0 saturated carbocycles. The van der Waals surface area contributed by atoms with Crippen molar-refractivity contribution < 1.29 is 8.42 Å². The largest absolute Gasteiger partial charge is 0.320 e. The van der Waals surface area contributed by atoms with E-state index in [1.807, 2.05) is 6.92 Å². The SMILES string of the molecule is CC(C)C(C)CNS(=O)(=O)c1ccc(C#CCN)cc1. The van der Waals surface area contributed by atoms with Gasteiger partial charge in [-0.15, -0.1) is 0 Å². The van der Waals surface area contributed by atoms with Crippen molar-refractivity contribution in [3.05, 3.63) is 29.8 Å². The quantitative estimate of drug-likeness (QED) is 0.810. The van der Waals surface area contributed by atoms with Crippen LogP contribution in [0.1, 0.15) is 26.3 Å². The maximum atomic E-state index is 12.1. The average Bonchev–Trinajstić information content (AvgIpc) is 2.43. The zero-order chi connectivity index (χ0) is 15.2. The van der Waals surface area contributed by atoms with Crippen LogP contribution in [0.4, 0.5) is 0 Å². The van der Waals surface area contributed by atoms with Gasteiger partial charge in [-0.05, 0) is 36.1 Å². The van der Waals surface area contributed by atoms with Crippen LogP contribution in [-0.2, 0) is 10.0 Å². The maximum absolute atomic E-state index is 12.1. The fourth-order valence-electron chi connectivity index (χ4n) is 1.43. The van der Waals surface area contributed by atoms with Crippen molar-refractivity contribution in [2.45, 2.75) is 25.7 Å². The summed E-state index contributed by atoms with van der Waals surface area (Å²) in [5.74, 6) is 6.31. The molecule has 0 aromatic heterocycles. The van der Waals surface area contributed by atoms with Gasteiger partial charge in [0.25, 0.3) is 0 Å². The predicted molar refractivity (Wildman–Crippen MR) is 81.6 cm³/mol. The van der Waals surface area contributed by atoms with E-state index in [4.69, 9.17) is 5.73 Å². The van der Waals surface area contributed by atoms with Crippen LogP contribution in [0, 0.1) is 23.7 Å². The lowest BCUT2D eigenvalue weighted by molar-refractivity contribution is 0.414. The van der Waals surface area contributed by atoms with Gasteiger partial charge in [-0.1, -0.05) is 32.6 Å². The molecule has 0 fully saturated rings. The third kappa shape index (κ3) is 4.97. The lowest BCUT2D eigenvalue weighted by atomic mass is 9.99. The molecule has 1 unspecified atom stereocenters. The van der Waals surface area contributed by atoms with Crippen molar-refractivity contribution in [3.63, 3.8) is 0 Å². The molecule has 3 N–H and O–H groups in total. The van der Waals surface area contributed by atoms with E-state index in [2.05, 4.69) is 30.4 Å². The Morgan fingerprint density at radius 2 is 1.80 bits per heavy atom. The summed E-state index contributed by atoms with van der Waals surface area (Å²) < 4.78 is 26.9. The van der Waals surface area contributed by atoms with Crippen LogP contribution in [0.15, 0.2) is 29.2 Å². The molecular weight excluding hydrogens is 272 g/mol. The summed E-state index contributed by atoms with van der Waals surface area (Å²) in [6.07, 6.45) is 0. The summed E-state index contributed by atoms with van der Waals surface area (Å²) in [7, 11) is -3.45. The van der Waals surface area contributed by atoms with Crippen LogP contribution in [0.2, 0.25) is 0 Å². The first-order chi connectivity index (χ1) is 9.36. The molecule has 0 saturated heterocycles. The van der Waals surface area contributed by atoms with Gasteiger partial charge >= 0.3 is 0 Å². The molecule has 4 nitrogen and oxygen atoms in total. The topological polar surface area (TPSA) is 72.2 Å². The number of rotatable bonds is 5. The minimum Gasteiger partial charge on any atom is -0.320 e. The molecular formula is C15H22N2O2S. The second-order valence-corrected chi connectivity index (χ2v) is 6.87. The molecule has 0 aliphatic rings. The van der Waals surface area contributed by atoms with Crippen molar-refractivity contribution in [2.75, 3.05) is 13.1 Å². The Morgan fingerprint density at radius 3 is 2.30 bits per heavy atom. The number of hydrogen-bond acceptors (Lipinski definition) is 3. The smallest absolute Gasteiger partial charge is 0.240 e. The highest BCUT2D eigenvalue weighted by Crippen LogP contribution is 2.12. The molecule has 0 aliphatic heterocycles. The summed E-state index contributed by atoms with van der Waals surface area (Å²) in [4.78, 5) is 0.256. The average molecular weight is 294 g/mol. The Hall–Kier alpha value is -1.35. The molecule has 0 aliphatic carbocycles. The number of nitrogens with one attached hydrogen (secondary N) is 1. The molecule has 1 atom stereocenters. The van der Waals surface area contributed by atoms with Crippen molar-refractivity contribution in [1.82, 2.24) is 4.72 Å². The zero-order valence-corrected chi connectivity index (χ0v) is 13.0. The van der Waals surface area contributed by atoms with Crippen molar-refractivity contribution in [2.24, 2.45) is 17.6 Å². The Bertz CT molecular complexity index is 581. The van der Waals surface area contributed by atoms with Gasteiger partial charge in [0.1, 0.15) is 0 Å². The standard InChI is InChI=1S/C15H22N2O2S/c1-12(2)13(3)11-17-20(18,19)15-8-6-14(7-9-15)5-4-10-16/h6-9,12-13,17H,10-11,16H2,1-3H3. The number of hydrogen-bond donors (Lipinski definition) is 2. The van der Waals surface area contributed by atoms with Gasteiger partial charge in [-0.25, -0.2) is 13.1 Å². The van der Waals surface area contributed by atoms with Crippen LogP contribution in [0.5, 0.6) is 0 Å². The highest BCUT2D eigenvalue weighted by Gasteiger charge is 2.16. The van der Waals surface area contributed by atoms with Gasteiger partial charge in [-0.3, -0.25) is 0 Å². The Labute approximate surface area is 121 Å². The Kier molecular flexibility index (Phi) is 6.21. The normalized spacial score (nSPS) is 12.8. The first kappa shape index (κ1) is 16.7. The van der Waals surface area contributed by atoms with Crippen molar-refractivity contribution >= 4 is 10.0 Å². The molecule has 5 heteroatoms. The lowest BCUT2D eigenvalue weighted by Gasteiger charge is -2.16. The summed E-state index contributed by atoms with van der Waals surface area (Å²) in [5, 5.41) is 0. The summed E-state index contributed by atoms with van der Waals surface area (Å²) in [5.41, 5.74) is 6.04. The van der Waals surface area contributed by atoms with Crippen molar-refractivity contribution in [3.8, 4) is 11.8 Å².